The van der Waals surface area contributed by atoms with E-state index in [1.165, 1.54) is 0 Å². The number of rotatable bonds is 6. The Hall–Kier alpha value is -2.55. The summed E-state index contributed by atoms with van der Waals surface area (Å²) in [4.78, 5) is 16.4. The molecule has 0 amide bonds. The van der Waals surface area contributed by atoms with Gasteiger partial charge in [0.05, 0.1) is 0 Å². The van der Waals surface area contributed by atoms with Crippen LogP contribution in [0.3, 0.4) is 0 Å². The van der Waals surface area contributed by atoms with Crippen LogP contribution in [0, 0.1) is 0 Å². The number of aliphatic imine (C=N–C) groups is 1. The Morgan fingerprint density at radius 3 is 2.38 bits per heavy atom. The number of Topliss-reactive ketones (excluding diaryl/α,β-unsaturated/α-hetero) is 1. The second-order valence-corrected chi connectivity index (χ2v) is 5.60. The van der Waals surface area contributed by atoms with Gasteiger partial charge in [0.25, 0.3) is 0 Å². The molecule has 0 aliphatic heterocycles. The molecule has 0 aliphatic rings. The third kappa shape index (κ3) is 4.05. The monoisotopic (exact) mass is 321 g/mol. The molecule has 3 heteroatoms. The Kier molecular flexibility index (Phi) is 6.19. The van der Waals surface area contributed by atoms with Crippen LogP contribution >= 0.6 is 0 Å². The van der Waals surface area contributed by atoms with Gasteiger partial charge >= 0.3 is 0 Å². The summed E-state index contributed by atoms with van der Waals surface area (Å²) in [5.74, 6) is -0.000878. The van der Waals surface area contributed by atoms with Crippen LogP contribution in [-0.2, 0) is 11.3 Å². The van der Waals surface area contributed by atoms with Gasteiger partial charge in [0.15, 0.2) is 18.2 Å². The maximum atomic E-state index is 12.0. The summed E-state index contributed by atoms with van der Waals surface area (Å²) < 4.78 is 2.13. The van der Waals surface area contributed by atoms with Gasteiger partial charge in [-0.1, -0.05) is 24.3 Å². The minimum atomic E-state index is -0.000878. The highest BCUT2D eigenvalue weighted by Crippen LogP contribution is 2.24. The quantitative estimate of drug-likeness (QED) is 0.582. The van der Waals surface area contributed by atoms with Crippen LogP contribution in [0.25, 0.3) is 17.2 Å². The van der Waals surface area contributed by atoms with Crippen molar-refractivity contribution in [2.24, 2.45) is 4.99 Å². The summed E-state index contributed by atoms with van der Waals surface area (Å²) in [5, 5.41) is 0. The number of aryl methyl sites for hydroxylation is 1. The highest BCUT2D eigenvalue weighted by Gasteiger charge is 2.13. The molecule has 0 atom stereocenters. The topological polar surface area (TPSA) is 33.3 Å². The Labute approximate surface area is 144 Å². The lowest BCUT2D eigenvalue weighted by atomic mass is 9.95. The fraction of sp³-hybridized carbons (Fsp3) is 0.286. The van der Waals surface area contributed by atoms with Crippen LogP contribution in [0.15, 0.2) is 53.8 Å². The van der Waals surface area contributed by atoms with E-state index in [1.54, 1.807) is 6.92 Å². The summed E-state index contributed by atoms with van der Waals surface area (Å²) in [6, 6.07) is 10.4. The van der Waals surface area contributed by atoms with Gasteiger partial charge in [0.1, 0.15) is 12.3 Å². The third-order valence-corrected chi connectivity index (χ3v) is 3.89. The molecule has 1 aromatic heterocycles. The molecule has 3 nitrogen and oxygen atoms in total. The molecule has 2 rings (SSSR count). The van der Waals surface area contributed by atoms with E-state index in [0.29, 0.717) is 12.3 Å². The second kappa shape index (κ2) is 8.34. The number of allylic oxidation sites excluding steroid dienone is 1. The van der Waals surface area contributed by atoms with Crippen LogP contribution < -0.4 is 4.57 Å². The highest BCUT2D eigenvalue weighted by atomic mass is 16.1. The Bertz CT molecular complexity index is 771. The maximum Gasteiger partial charge on any atom is 0.178 e. The summed E-state index contributed by atoms with van der Waals surface area (Å²) in [7, 11) is 0. The number of carbonyl (C=O) groups is 1. The first kappa shape index (κ1) is 17.8. The van der Waals surface area contributed by atoms with Gasteiger partial charge < -0.3 is 0 Å². The Balaban J connectivity index is 2.53. The average Bonchev–Trinajstić information content (AvgIpc) is 2.60. The van der Waals surface area contributed by atoms with Gasteiger partial charge in [0, 0.05) is 31.2 Å². The Morgan fingerprint density at radius 2 is 1.83 bits per heavy atom. The van der Waals surface area contributed by atoms with E-state index < -0.39 is 0 Å². The zero-order valence-corrected chi connectivity index (χ0v) is 14.9. The van der Waals surface area contributed by atoms with Crippen molar-refractivity contribution < 1.29 is 9.36 Å². The zero-order chi connectivity index (χ0) is 17.5. The van der Waals surface area contributed by atoms with Crippen LogP contribution in [0.1, 0.15) is 38.8 Å². The van der Waals surface area contributed by atoms with E-state index in [1.807, 2.05) is 32.1 Å². The van der Waals surface area contributed by atoms with Gasteiger partial charge in [-0.15, -0.1) is 0 Å². The molecular formula is C21H25N2O+. The summed E-state index contributed by atoms with van der Waals surface area (Å²) >= 11 is 0. The lowest BCUT2D eigenvalue weighted by Gasteiger charge is -2.10. The molecule has 0 N–H and O–H groups in total. The van der Waals surface area contributed by atoms with Crippen molar-refractivity contribution in [1.29, 1.82) is 0 Å². The number of hydrogen-bond acceptors (Lipinski definition) is 2. The van der Waals surface area contributed by atoms with Crippen LogP contribution in [-0.4, -0.2) is 18.0 Å². The molecular weight excluding hydrogens is 296 g/mol. The first-order valence-corrected chi connectivity index (χ1v) is 8.42. The van der Waals surface area contributed by atoms with Gasteiger partial charge in [0.2, 0.25) is 0 Å². The molecule has 0 saturated heterocycles. The molecule has 1 aromatic carbocycles. The molecule has 124 valence electrons. The predicted octanol–water partition coefficient (Wildman–Crippen LogP) is 4.09. The number of ketones is 1. The van der Waals surface area contributed by atoms with E-state index in [4.69, 9.17) is 0 Å². The molecule has 1 heterocycles. The standard InChI is InChI=1S/C21H25N2O/c1-5-8-19-15-18(17-11-13-23(7-3)14-12-17)9-10-20(19)21(16(4)24)22-6-2/h5,8-15H,6-7H2,1-4H3/q+1/b8-5-,22-21+. The van der Waals surface area contributed by atoms with Crippen LogP contribution in [0.2, 0.25) is 0 Å². The highest BCUT2D eigenvalue weighted by molar-refractivity contribution is 6.46. The number of nitrogens with zero attached hydrogens (tertiary/aromatic N) is 2. The zero-order valence-electron chi connectivity index (χ0n) is 14.9. The molecule has 0 fully saturated rings. The lowest BCUT2D eigenvalue weighted by molar-refractivity contribution is -0.693. The Morgan fingerprint density at radius 1 is 1.12 bits per heavy atom. The lowest BCUT2D eigenvalue weighted by Crippen LogP contribution is -2.30. The summed E-state index contributed by atoms with van der Waals surface area (Å²) in [5.41, 5.74) is 4.76. The molecule has 0 unspecified atom stereocenters. The largest absolute Gasteiger partial charge is 0.293 e. The van der Waals surface area contributed by atoms with Crippen molar-refractivity contribution in [2.45, 2.75) is 34.2 Å². The van der Waals surface area contributed by atoms with E-state index in [9.17, 15) is 4.79 Å². The van der Waals surface area contributed by atoms with Crippen molar-refractivity contribution in [3.8, 4) is 11.1 Å². The molecule has 0 saturated carbocycles. The van der Waals surface area contributed by atoms with E-state index in [0.717, 1.165) is 28.8 Å². The number of hydrogen-bond donors (Lipinski definition) is 0. The minimum absolute atomic E-state index is 0.000878. The van der Waals surface area contributed by atoms with Crippen molar-refractivity contribution >= 4 is 17.6 Å². The fourth-order valence-electron chi connectivity index (χ4n) is 2.68. The van der Waals surface area contributed by atoms with Gasteiger partial charge in [-0.05, 0) is 43.5 Å². The average molecular weight is 321 g/mol. The van der Waals surface area contributed by atoms with E-state index >= 15 is 0 Å². The smallest absolute Gasteiger partial charge is 0.178 e. The van der Waals surface area contributed by atoms with E-state index in [-0.39, 0.29) is 5.78 Å². The van der Waals surface area contributed by atoms with Gasteiger partial charge in [-0.25, -0.2) is 4.57 Å². The van der Waals surface area contributed by atoms with Crippen molar-refractivity contribution in [1.82, 2.24) is 0 Å². The minimum Gasteiger partial charge on any atom is -0.293 e. The molecule has 2 aromatic rings. The SMILES string of the molecule is C/C=C\c1cc(-c2cc[n+](CC)cc2)ccc1/C(=N/CC)C(C)=O. The van der Waals surface area contributed by atoms with Gasteiger partial charge in [-0.2, -0.15) is 0 Å². The van der Waals surface area contributed by atoms with Gasteiger partial charge in [-0.3, -0.25) is 9.79 Å². The molecule has 0 aliphatic carbocycles. The number of aromatic nitrogens is 1. The molecule has 0 bridgehead atoms. The normalized spacial score (nSPS) is 11.9. The third-order valence-electron chi connectivity index (χ3n) is 3.89. The summed E-state index contributed by atoms with van der Waals surface area (Å²) in [6.45, 7) is 9.17. The number of carbonyl (C=O) groups excluding carboxylic acids is 1. The molecule has 0 spiro atoms. The van der Waals surface area contributed by atoms with Crippen LogP contribution in [0.4, 0.5) is 0 Å². The fourth-order valence-corrected chi connectivity index (χ4v) is 2.68. The maximum absolute atomic E-state index is 12.0. The van der Waals surface area contributed by atoms with Crippen molar-refractivity contribution in [3.63, 3.8) is 0 Å². The van der Waals surface area contributed by atoms with Crippen LogP contribution in [0.5, 0.6) is 0 Å². The van der Waals surface area contributed by atoms with Crippen molar-refractivity contribution in [2.75, 3.05) is 6.54 Å². The van der Waals surface area contributed by atoms with Crippen molar-refractivity contribution in [3.05, 3.63) is 59.9 Å². The molecule has 24 heavy (non-hydrogen) atoms. The summed E-state index contributed by atoms with van der Waals surface area (Å²) in [6.07, 6.45) is 8.18. The second-order valence-electron chi connectivity index (χ2n) is 5.60. The van der Waals surface area contributed by atoms with E-state index in [2.05, 4.69) is 53.1 Å². The number of pyridine rings is 1. The molecule has 0 radical (unpaired) electrons. The first-order chi connectivity index (χ1) is 11.6. The first-order valence-electron chi connectivity index (χ1n) is 8.42. The predicted molar refractivity (Wildman–Crippen MR) is 100 cm³/mol. The number of benzene rings is 1.